The van der Waals surface area contributed by atoms with Gasteiger partial charge in [-0.05, 0) is 75.2 Å². The van der Waals surface area contributed by atoms with Gasteiger partial charge >= 0.3 is 0 Å². The summed E-state index contributed by atoms with van der Waals surface area (Å²) in [6.07, 6.45) is 0.828. The van der Waals surface area contributed by atoms with E-state index in [-0.39, 0.29) is 10.3 Å². The number of rotatable bonds is 1. The predicted octanol–water partition coefficient (Wildman–Crippen LogP) is 8.25. The fraction of sp³-hybridized carbons (Fsp3) is 0.310. The van der Waals surface area contributed by atoms with E-state index in [0.717, 1.165) is 12.1 Å². The van der Waals surface area contributed by atoms with E-state index >= 15 is 0 Å². The number of benzene rings is 4. The Morgan fingerprint density at radius 3 is 1.77 bits per heavy atom. The molecule has 5 rings (SSSR count). The maximum absolute atomic E-state index is 6.50. The van der Waals surface area contributed by atoms with Crippen LogP contribution in [0.25, 0.3) is 32.7 Å². The van der Waals surface area contributed by atoms with E-state index in [1.807, 2.05) is 0 Å². The van der Waals surface area contributed by atoms with E-state index in [4.69, 9.17) is 4.74 Å². The van der Waals surface area contributed by atoms with Crippen molar-refractivity contribution in [2.24, 2.45) is 0 Å². The Morgan fingerprint density at radius 2 is 1.23 bits per heavy atom. The monoisotopic (exact) mass is 427 g/mol. The van der Waals surface area contributed by atoms with Crippen molar-refractivity contribution in [3.63, 3.8) is 0 Å². The Balaban J connectivity index is 1.97. The van der Waals surface area contributed by atoms with E-state index in [0.29, 0.717) is 0 Å². The smallest absolute Gasteiger partial charge is 0.202 e. The third-order valence-corrected chi connectivity index (χ3v) is 13.4. The van der Waals surface area contributed by atoms with Crippen LogP contribution >= 0.6 is 7.26 Å². The molecule has 4 aromatic rings. The van der Waals surface area contributed by atoms with Crippen LogP contribution in [0.5, 0.6) is 5.75 Å². The highest BCUT2D eigenvalue weighted by atomic mass is 31.2. The molecule has 0 radical (unpaired) electrons. The first-order chi connectivity index (χ1) is 14.6. The minimum Gasteiger partial charge on any atom is -0.455 e. The van der Waals surface area contributed by atoms with Crippen LogP contribution in [0.3, 0.4) is 0 Å². The van der Waals surface area contributed by atoms with E-state index < -0.39 is 7.26 Å². The maximum atomic E-state index is 6.50. The quantitative estimate of drug-likeness (QED) is 0.219. The van der Waals surface area contributed by atoms with Gasteiger partial charge in [-0.3, -0.25) is 0 Å². The van der Waals surface area contributed by atoms with Gasteiger partial charge in [-0.15, -0.1) is 0 Å². The van der Waals surface area contributed by atoms with Gasteiger partial charge in [0.05, 0.1) is 10.3 Å². The summed E-state index contributed by atoms with van der Waals surface area (Å²) in [6.45, 7) is 14.5. The van der Waals surface area contributed by atoms with Gasteiger partial charge in [0.1, 0.15) is 12.6 Å². The fourth-order valence-corrected chi connectivity index (χ4v) is 11.5. The topological polar surface area (TPSA) is 9.23 Å². The lowest BCUT2D eigenvalue weighted by Crippen LogP contribution is -2.40. The molecule has 0 saturated heterocycles. The molecule has 2 heteroatoms. The fourth-order valence-electron chi connectivity index (χ4n) is 5.83. The average Bonchev–Trinajstić information content (AvgIpc) is 3.13. The number of fused-ring (bicyclic) bond motifs is 3. The minimum absolute atomic E-state index is 0.146. The van der Waals surface area contributed by atoms with Crippen molar-refractivity contribution in [2.45, 2.75) is 51.9 Å². The van der Waals surface area contributed by atoms with E-state index in [9.17, 15) is 0 Å². The summed E-state index contributed by atoms with van der Waals surface area (Å²) >= 11 is 0. The molecule has 1 aliphatic heterocycles. The molecule has 0 saturated carbocycles. The van der Waals surface area contributed by atoms with Crippen LogP contribution in [-0.4, -0.2) is 16.7 Å². The van der Waals surface area contributed by atoms with Gasteiger partial charge in [-0.1, -0.05) is 60.7 Å². The molecular formula is C29H32OP+. The zero-order chi connectivity index (χ0) is 22.0. The van der Waals surface area contributed by atoms with Gasteiger partial charge < -0.3 is 4.74 Å². The number of hydrogen-bond donors (Lipinski definition) is 0. The van der Waals surface area contributed by atoms with Gasteiger partial charge in [0.2, 0.25) is 6.35 Å². The number of ether oxygens (including phenoxy) is 1. The lowest BCUT2D eigenvalue weighted by atomic mass is 9.92. The normalized spacial score (nSPS) is 15.8. The van der Waals surface area contributed by atoms with Gasteiger partial charge in [0.25, 0.3) is 0 Å². The van der Waals surface area contributed by atoms with Crippen LogP contribution in [0.2, 0.25) is 0 Å². The third kappa shape index (κ3) is 2.86. The van der Waals surface area contributed by atoms with Crippen LogP contribution in [-0.2, 0) is 0 Å². The van der Waals surface area contributed by atoms with Gasteiger partial charge in [-0.25, -0.2) is 0 Å². The summed E-state index contributed by atoms with van der Waals surface area (Å²) in [6, 6.07) is 26.7. The Labute approximate surface area is 186 Å². The molecule has 0 amide bonds. The van der Waals surface area contributed by atoms with Crippen molar-refractivity contribution in [3.05, 3.63) is 72.8 Å². The molecule has 0 unspecified atom stereocenters. The third-order valence-electron chi connectivity index (χ3n) is 7.13. The number of hydrogen-bond acceptors (Lipinski definition) is 1. The molecule has 0 aliphatic carbocycles. The molecule has 158 valence electrons. The molecule has 1 aliphatic rings. The summed E-state index contributed by atoms with van der Waals surface area (Å²) in [5.41, 5.74) is 2.72. The Hall–Kier alpha value is -2.37. The molecule has 31 heavy (non-hydrogen) atoms. The van der Waals surface area contributed by atoms with E-state index in [2.05, 4.69) is 114 Å². The zero-order valence-electron chi connectivity index (χ0n) is 19.5. The molecule has 0 atom stereocenters. The minimum atomic E-state index is -1.69. The van der Waals surface area contributed by atoms with Crippen molar-refractivity contribution >= 4 is 34.1 Å². The van der Waals surface area contributed by atoms with Crippen LogP contribution in [0, 0.1) is 0 Å². The van der Waals surface area contributed by atoms with Gasteiger partial charge in [-0.2, -0.15) is 0 Å². The van der Waals surface area contributed by atoms with Crippen LogP contribution in [0.1, 0.15) is 41.5 Å². The van der Waals surface area contributed by atoms with Crippen molar-refractivity contribution in [2.75, 3.05) is 6.35 Å². The van der Waals surface area contributed by atoms with Gasteiger partial charge in [0, 0.05) is 11.1 Å². The molecule has 0 aromatic heterocycles. The molecule has 0 N–H and O–H groups in total. The lowest BCUT2D eigenvalue weighted by molar-refractivity contribution is 0.394. The van der Waals surface area contributed by atoms with Crippen molar-refractivity contribution in [3.8, 4) is 16.9 Å². The highest BCUT2D eigenvalue weighted by Gasteiger charge is 2.65. The molecule has 0 bridgehead atoms. The summed E-state index contributed by atoms with van der Waals surface area (Å²) in [4.78, 5) is 0. The second-order valence-corrected chi connectivity index (χ2v) is 15.8. The largest absolute Gasteiger partial charge is 0.455 e. The highest BCUT2D eigenvalue weighted by molar-refractivity contribution is 7.86. The van der Waals surface area contributed by atoms with Crippen LogP contribution < -0.4 is 10.0 Å². The Bertz CT molecular complexity index is 1240. The standard InChI is InChI=1S/C29H32OP/c1-28(2,3)31(29(4,5)6)19-30-25-17-11-16-24(27(25)31)26-22-14-9-7-12-20(22)18-21-13-8-10-15-23(21)26/h7-18H,19H2,1-6H3/q+1. The van der Waals surface area contributed by atoms with E-state index in [1.165, 1.54) is 38.0 Å². The van der Waals surface area contributed by atoms with Crippen LogP contribution in [0.15, 0.2) is 72.8 Å². The van der Waals surface area contributed by atoms with Crippen molar-refractivity contribution < 1.29 is 4.74 Å². The summed E-state index contributed by atoms with van der Waals surface area (Å²) < 4.78 is 6.50. The van der Waals surface area contributed by atoms with Crippen LogP contribution in [0.4, 0.5) is 0 Å². The molecule has 4 aromatic carbocycles. The lowest BCUT2D eigenvalue weighted by Gasteiger charge is -2.43. The van der Waals surface area contributed by atoms with Crippen molar-refractivity contribution in [1.29, 1.82) is 0 Å². The first kappa shape index (κ1) is 20.5. The highest BCUT2D eigenvalue weighted by Crippen LogP contribution is 2.79. The van der Waals surface area contributed by atoms with E-state index in [1.54, 1.807) is 0 Å². The summed E-state index contributed by atoms with van der Waals surface area (Å²) in [5.74, 6) is 1.09. The summed E-state index contributed by atoms with van der Waals surface area (Å²) in [5, 5.41) is 7.01. The van der Waals surface area contributed by atoms with Gasteiger partial charge in [0.15, 0.2) is 5.75 Å². The van der Waals surface area contributed by atoms with Crippen molar-refractivity contribution in [1.82, 2.24) is 0 Å². The molecular weight excluding hydrogens is 395 g/mol. The first-order valence-corrected chi connectivity index (χ1v) is 13.2. The molecule has 1 nitrogen and oxygen atoms in total. The second kappa shape index (κ2) is 6.81. The summed E-state index contributed by atoms with van der Waals surface area (Å²) in [7, 11) is -1.69. The molecule has 0 spiro atoms. The predicted molar refractivity (Wildman–Crippen MR) is 138 cm³/mol. The first-order valence-electron chi connectivity index (χ1n) is 11.2. The molecule has 0 fully saturated rings. The average molecular weight is 428 g/mol. The second-order valence-electron chi connectivity index (χ2n) is 10.8. The zero-order valence-corrected chi connectivity index (χ0v) is 20.4. The maximum Gasteiger partial charge on any atom is 0.202 e. The Kier molecular flexibility index (Phi) is 4.51. The Morgan fingerprint density at radius 1 is 0.677 bits per heavy atom. The SMILES string of the molecule is CC(C)(C)[P+]1(C(C)(C)C)COc2cccc(-c3c4ccccc4cc4ccccc34)c21. The molecule has 1 heterocycles.